The summed E-state index contributed by atoms with van der Waals surface area (Å²) >= 11 is 12.9. The van der Waals surface area contributed by atoms with Crippen LogP contribution >= 0.6 is 23.2 Å². The van der Waals surface area contributed by atoms with Crippen LogP contribution in [-0.4, -0.2) is 34.9 Å². The minimum atomic E-state index is -0.530. The molecular weight excluding hydrogens is 429 g/mol. The number of halogens is 2. The van der Waals surface area contributed by atoms with Gasteiger partial charge in [0.2, 0.25) is 0 Å². The van der Waals surface area contributed by atoms with Crippen molar-refractivity contribution in [2.75, 3.05) is 24.2 Å². The molecule has 1 heterocycles. The van der Waals surface area contributed by atoms with Crippen LogP contribution < -0.4 is 21.1 Å². The Morgan fingerprint density at radius 3 is 2.57 bits per heavy atom. The van der Waals surface area contributed by atoms with Gasteiger partial charge in [-0.05, 0) is 32.0 Å². The maximum absolute atomic E-state index is 13.0. The first kappa shape index (κ1) is 21.6. The van der Waals surface area contributed by atoms with E-state index in [0.29, 0.717) is 24.1 Å². The molecule has 3 aromatic rings. The number of benzene rings is 2. The highest BCUT2D eigenvalue weighted by atomic mass is 35.5. The van der Waals surface area contributed by atoms with E-state index < -0.39 is 11.8 Å². The van der Waals surface area contributed by atoms with Crippen molar-refractivity contribution in [1.29, 1.82) is 0 Å². The van der Waals surface area contributed by atoms with Gasteiger partial charge in [-0.25, -0.2) is 9.97 Å². The van der Waals surface area contributed by atoms with Crippen molar-refractivity contribution in [2.24, 2.45) is 0 Å². The largest absolute Gasteiger partial charge is 0.492 e. The van der Waals surface area contributed by atoms with E-state index in [4.69, 9.17) is 33.7 Å². The molecule has 0 aliphatic heterocycles. The molecule has 30 heavy (non-hydrogen) atoms. The summed E-state index contributed by atoms with van der Waals surface area (Å²) in [6, 6.07) is 6.41. The summed E-state index contributed by atoms with van der Waals surface area (Å²) in [6.45, 7) is 4.26. The summed E-state index contributed by atoms with van der Waals surface area (Å²) < 4.78 is 5.52. The number of para-hydroxylation sites is 1. The summed E-state index contributed by atoms with van der Waals surface area (Å²) in [7, 11) is 0. The predicted molar refractivity (Wildman–Crippen MR) is 118 cm³/mol. The van der Waals surface area contributed by atoms with Gasteiger partial charge in [-0.1, -0.05) is 29.3 Å². The fourth-order valence-electron chi connectivity index (χ4n) is 2.88. The van der Waals surface area contributed by atoms with Crippen LogP contribution in [0.5, 0.6) is 5.75 Å². The second-order valence-electron chi connectivity index (χ2n) is 6.13. The van der Waals surface area contributed by atoms with Crippen LogP contribution in [0.2, 0.25) is 10.0 Å². The SMILES string of the molecule is CCNC(=O)c1cc(OCC)c(Cl)c(NC(=O)c2cccc3c(N)ncnc23)c1Cl. The van der Waals surface area contributed by atoms with Crippen LogP contribution in [0, 0.1) is 0 Å². The van der Waals surface area contributed by atoms with Crippen molar-refractivity contribution in [2.45, 2.75) is 13.8 Å². The lowest BCUT2D eigenvalue weighted by Gasteiger charge is -2.17. The number of carbonyl (C=O) groups is 2. The molecule has 4 N–H and O–H groups in total. The molecule has 0 saturated heterocycles. The minimum absolute atomic E-state index is 0.00266. The number of nitrogens with zero attached hydrogens (tertiary/aromatic N) is 2. The van der Waals surface area contributed by atoms with E-state index in [1.165, 1.54) is 12.4 Å². The Balaban J connectivity index is 2.09. The second-order valence-corrected chi connectivity index (χ2v) is 6.89. The number of amides is 2. The lowest BCUT2D eigenvalue weighted by Crippen LogP contribution is -2.24. The van der Waals surface area contributed by atoms with Gasteiger partial charge < -0.3 is 21.1 Å². The van der Waals surface area contributed by atoms with Gasteiger partial charge in [0.05, 0.1) is 34.0 Å². The molecule has 10 heteroatoms. The Hall–Kier alpha value is -3.10. The number of rotatable bonds is 6. The van der Waals surface area contributed by atoms with Crippen LogP contribution in [0.3, 0.4) is 0 Å². The third-order valence-electron chi connectivity index (χ3n) is 4.23. The summed E-state index contributed by atoms with van der Waals surface area (Å²) in [5.74, 6) is -0.466. The Morgan fingerprint density at radius 2 is 1.87 bits per heavy atom. The van der Waals surface area contributed by atoms with Crippen molar-refractivity contribution in [3.05, 3.63) is 51.8 Å². The molecule has 2 amide bonds. The molecule has 1 aromatic heterocycles. The minimum Gasteiger partial charge on any atom is -0.492 e. The molecule has 0 unspecified atom stereocenters. The average molecular weight is 448 g/mol. The number of hydrogen-bond acceptors (Lipinski definition) is 6. The zero-order valence-electron chi connectivity index (χ0n) is 16.3. The molecule has 3 rings (SSSR count). The molecule has 0 bridgehead atoms. The molecule has 156 valence electrons. The number of nitrogens with one attached hydrogen (secondary N) is 2. The number of aromatic nitrogens is 2. The number of fused-ring (bicyclic) bond motifs is 1. The molecule has 2 aromatic carbocycles. The number of ether oxygens (including phenoxy) is 1. The molecule has 0 atom stereocenters. The molecule has 0 aliphatic carbocycles. The highest BCUT2D eigenvalue weighted by Gasteiger charge is 2.23. The highest BCUT2D eigenvalue weighted by Crippen LogP contribution is 2.41. The van der Waals surface area contributed by atoms with Crippen LogP contribution in [0.25, 0.3) is 10.9 Å². The van der Waals surface area contributed by atoms with E-state index in [0.717, 1.165) is 0 Å². The second kappa shape index (κ2) is 9.15. The van der Waals surface area contributed by atoms with Crippen molar-refractivity contribution in [3.8, 4) is 5.75 Å². The quantitative estimate of drug-likeness (QED) is 0.526. The maximum Gasteiger partial charge on any atom is 0.257 e. The third-order valence-corrected chi connectivity index (χ3v) is 5.00. The normalized spacial score (nSPS) is 10.7. The van der Waals surface area contributed by atoms with Gasteiger partial charge in [-0.2, -0.15) is 0 Å². The fraction of sp³-hybridized carbons (Fsp3) is 0.200. The van der Waals surface area contributed by atoms with E-state index in [1.54, 1.807) is 32.0 Å². The molecule has 8 nitrogen and oxygen atoms in total. The molecule has 0 fully saturated rings. The maximum atomic E-state index is 13.0. The van der Waals surface area contributed by atoms with Crippen LogP contribution in [0.15, 0.2) is 30.6 Å². The molecule has 0 spiro atoms. The van der Waals surface area contributed by atoms with Crippen LogP contribution in [0.1, 0.15) is 34.6 Å². The van der Waals surface area contributed by atoms with E-state index in [-0.39, 0.29) is 38.4 Å². The van der Waals surface area contributed by atoms with Crippen molar-refractivity contribution in [3.63, 3.8) is 0 Å². The van der Waals surface area contributed by atoms with E-state index in [1.807, 2.05) is 0 Å². The van der Waals surface area contributed by atoms with Gasteiger partial charge in [-0.3, -0.25) is 9.59 Å². The number of hydrogen-bond donors (Lipinski definition) is 3. The van der Waals surface area contributed by atoms with Gasteiger partial charge in [0.1, 0.15) is 22.9 Å². The van der Waals surface area contributed by atoms with Gasteiger partial charge >= 0.3 is 0 Å². The Morgan fingerprint density at radius 1 is 1.10 bits per heavy atom. The van der Waals surface area contributed by atoms with Gasteiger partial charge in [0.15, 0.2) is 0 Å². The fourth-order valence-corrected chi connectivity index (χ4v) is 3.46. The van der Waals surface area contributed by atoms with E-state index in [2.05, 4.69) is 20.6 Å². The van der Waals surface area contributed by atoms with Crippen LogP contribution in [-0.2, 0) is 0 Å². The summed E-state index contributed by atoms with van der Waals surface area (Å²) in [4.78, 5) is 33.6. The van der Waals surface area contributed by atoms with E-state index in [9.17, 15) is 9.59 Å². The lowest BCUT2D eigenvalue weighted by molar-refractivity contribution is 0.0954. The van der Waals surface area contributed by atoms with Gasteiger partial charge in [-0.15, -0.1) is 0 Å². The average Bonchev–Trinajstić information content (AvgIpc) is 2.73. The number of nitrogens with two attached hydrogens (primary N) is 1. The Bertz CT molecular complexity index is 1140. The van der Waals surface area contributed by atoms with Gasteiger partial charge in [0, 0.05) is 11.9 Å². The van der Waals surface area contributed by atoms with Crippen molar-refractivity contribution < 1.29 is 14.3 Å². The summed E-state index contributed by atoms with van der Waals surface area (Å²) in [5, 5.41) is 5.96. The lowest BCUT2D eigenvalue weighted by atomic mass is 10.1. The third kappa shape index (κ3) is 4.10. The predicted octanol–water partition coefficient (Wildman–Crippen LogP) is 3.92. The number of nitrogen functional groups attached to an aromatic ring is 1. The van der Waals surface area contributed by atoms with Crippen LogP contribution in [0.4, 0.5) is 11.5 Å². The molecular formula is C20H19Cl2N5O3. The zero-order valence-corrected chi connectivity index (χ0v) is 17.8. The van der Waals surface area contributed by atoms with Gasteiger partial charge in [0.25, 0.3) is 11.8 Å². The first-order valence-corrected chi connectivity index (χ1v) is 9.88. The molecule has 0 radical (unpaired) electrons. The number of anilines is 2. The van der Waals surface area contributed by atoms with E-state index >= 15 is 0 Å². The molecule has 0 aliphatic rings. The Labute approximate surface area is 182 Å². The summed E-state index contributed by atoms with van der Waals surface area (Å²) in [6.07, 6.45) is 1.28. The smallest absolute Gasteiger partial charge is 0.257 e. The topological polar surface area (TPSA) is 119 Å². The molecule has 0 saturated carbocycles. The Kier molecular flexibility index (Phi) is 6.59. The van der Waals surface area contributed by atoms with Crippen molar-refractivity contribution >= 4 is 57.4 Å². The first-order valence-electron chi connectivity index (χ1n) is 9.12. The zero-order chi connectivity index (χ0) is 21.8. The summed E-state index contributed by atoms with van der Waals surface area (Å²) in [5.41, 5.74) is 6.69. The highest BCUT2D eigenvalue weighted by molar-refractivity contribution is 6.43. The van der Waals surface area contributed by atoms with Crippen molar-refractivity contribution in [1.82, 2.24) is 15.3 Å². The standard InChI is InChI=1S/C20H19Cl2N5O3/c1-3-24-19(28)12-8-13(30-4-2)15(22)17(14(12)21)27-20(29)11-7-5-6-10-16(11)25-9-26-18(10)23/h5-9H,3-4H2,1-2H3,(H,24,28)(H,27,29)(H2,23,25,26). The monoisotopic (exact) mass is 447 g/mol. The first-order chi connectivity index (χ1) is 14.4. The number of carbonyl (C=O) groups excluding carboxylic acids is 2.